The van der Waals surface area contributed by atoms with Crippen LogP contribution in [0.1, 0.15) is 45.6 Å². The number of rotatable bonds is 11. The summed E-state index contributed by atoms with van der Waals surface area (Å²) in [6.45, 7) is 6.07. The first-order chi connectivity index (χ1) is 14.8. The molecule has 0 heterocycles. The van der Waals surface area contributed by atoms with Crippen molar-refractivity contribution in [1.82, 2.24) is 10.2 Å². The van der Waals surface area contributed by atoms with Gasteiger partial charge < -0.3 is 10.2 Å². The third kappa shape index (κ3) is 8.40. The number of carbonyl (C=O) groups excluding carboxylic acids is 2. The molecule has 168 valence electrons. The van der Waals surface area contributed by atoms with E-state index in [1.165, 1.54) is 0 Å². The van der Waals surface area contributed by atoms with Crippen LogP contribution in [-0.2, 0) is 16.1 Å². The Bertz CT molecular complexity index is 859. The molecule has 2 amide bonds. The average Bonchev–Trinajstić information content (AvgIpc) is 2.73. The zero-order valence-electron chi connectivity index (χ0n) is 18.2. The van der Waals surface area contributed by atoms with Crippen LogP contribution in [-0.4, -0.2) is 34.6 Å². The van der Waals surface area contributed by atoms with Gasteiger partial charge in [0.15, 0.2) is 0 Å². The molecule has 0 spiro atoms. The molecule has 1 atom stereocenters. The molecule has 0 aliphatic heterocycles. The van der Waals surface area contributed by atoms with E-state index >= 15 is 0 Å². The predicted molar refractivity (Wildman–Crippen MR) is 131 cm³/mol. The van der Waals surface area contributed by atoms with Crippen molar-refractivity contribution in [2.45, 2.75) is 63.6 Å². The minimum atomic E-state index is -0.532. The van der Waals surface area contributed by atoms with Gasteiger partial charge in [-0.15, -0.1) is 11.8 Å². The Labute approximate surface area is 199 Å². The lowest BCUT2D eigenvalue weighted by Gasteiger charge is -2.31. The Kier molecular flexibility index (Phi) is 10.7. The smallest absolute Gasteiger partial charge is 0.243 e. The van der Waals surface area contributed by atoms with Crippen molar-refractivity contribution < 1.29 is 9.59 Å². The molecule has 2 rings (SSSR count). The molecule has 0 bridgehead atoms. The topological polar surface area (TPSA) is 49.4 Å². The predicted octanol–water partition coefficient (Wildman–Crippen LogP) is 6.20. The molecule has 0 aliphatic carbocycles. The van der Waals surface area contributed by atoms with E-state index in [1.54, 1.807) is 22.7 Å². The van der Waals surface area contributed by atoms with Crippen LogP contribution in [0.2, 0.25) is 10.0 Å². The fourth-order valence-corrected chi connectivity index (χ4v) is 4.37. The molecule has 2 aromatic rings. The summed E-state index contributed by atoms with van der Waals surface area (Å²) in [6.07, 6.45) is 1.62. The number of thioether (sulfide) groups is 1. The maximum Gasteiger partial charge on any atom is 0.243 e. The first kappa shape index (κ1) is 25.6. The largest absolute Gasteiger partial charge is 0.352 e. The Morgan fingerprint density at radius 2 is 1.74 bits per heavy atom. The van der Waals surface area contributed by atoms with E-state index in [1.807, 2.05) is 63.2 Å². The van der Waals surface area contributed by atoms with Crippen molar-refractivity contribution >= 4 is 46.8 Å². The van der Waals surface area contributed by atoms with Gasteiger partial charge in [-0.05, 0) is 68.3 Å². The van der Waals surface area contributed by atoms with Gasteiger partial charge in [-0.1, -0.05) is 48.3 Å². The van der Waals surface area contributed by atoms with E-state index in [0.717, 1.165) is 16.2 Å². The molecule has 7 heteroatoms. The standard InChI is InChI=1S/C24H30Cl2N2O2S/c1-4-22(24(30)27-17(2)3)28(16-18-8-5-6-9-21(18)26)23(29)10-7-15-31-20-13-11-19(25)12-14-20/h5-6,8-9,11-14,17,22H,4,7,10,15-16H2,1-3H3,(H,27,30)/t22-/m1/s1. The zero-order valence-corrected chi connectivity index (χ0v) is 20.6. The van der Waals surface area contributed by atoms with Crippen LogP contribution < -0.4 is 5.32 Å². The van der Waals surface area contributed by atoms with Crippen molar-refractivity contribution in [2.75, 3.05) is 5.75 Å². The monoisotopic (exact) mass is 480 g/mol. The van der Waals surface area contributed by atoms with Gasteiger partial charge in [0.1, 0.15) is 6.04 Å². The lowest BCUT2D eigenvalue weighted by atomic mass is 10.1. The summed E-state index contributed by atoms with van der Waals surface area (Å²) in [6, 6.07) is 14.6. The van der Waals surface area contributed by atoms with Crippen molar-refractivity contribution in [2.24, 2.45) is 0 Å². The molecule has 0 fully saturated rings. The molecule has 4 nitrogen and oxygen atoms in total. The Morgan fingerprint density at radius 1 is 1.06 bits per heavy atom. The summed E-state index contributed by atoms with van der Waals surface area (Å²) in [5.41, 5.74) is 0.837. The van der Waals surface area contributed by atoms with Crippen molar-refractivity contribution in [3.8, 4) is 0 Å². The number of halogens is 2. The molecule has 0 aromatic heterocycles. The van der Waals surface area contributed by atoms with Crippen LogP contribution in [0.5, 0.6) is 0 Å². The Hall–Kier alpha value is -1.69. The van der Waals surface area contributed by atoms with Gasteiger partial charge in [0.2, 0.25) is 11.8 Å². The number of nitrogens with zero attached hydrogens (tertiary/aromatic N) is 1. The van der Waals surface area contributed by atoms with E-state index < -0.39 is 6.04 Å². The van der Waals surface area contributed by atoms with Gasteiger partial charge in [-0.25, -0.2) is 0 Å². The fraction of sp³-hybridized carbons (Fsp3) is 0.417. The van der Waals surface area contributed by atoms with E-state index in [2.05, 4.69) is 5.32 Å². The van der Waals surface area contributed by atoms with Crippen molar-refractivity contribution in [3.63, 3.8) is 0 Å². The van der Waals surface area contributed by atoms with Crippen molar-refractivity contribution in [3.05, 3.63) is 64.1 Å². The van der Waals surface area contributed by atoms with E-state index in [-0.39, 0.29) is 17.9 Å². The maximum absolute atomic E-state index is 13.2. The third-order valence-electron chi connectivity index (χ3n) is 4.73. The summed E-state index contributed by atoms with van der Waals surface area (Å²) in [5, 5.41) is 4.25. The second kappa shape index (κ2) is 13.0. The SMILES string of the molecule is CC[C@H](C(=O)NC(C)C)N(Cc1ccccc1Cl)C(=O)CCCSc1ccc(Cl)cc1. The maximum atomic E-state index is 13.2. The number of carbonyl (C=O) groups is 2. The highest BCUT2D eigenvalue weighted by molar-refractivity contribution is 7.99. The van der Waals surface area contributed by atoms with Crippen LogP contribution in [0.3, 0.4) is 0 Å². The third-order valence-corrected chi connectivity index (χ3v) is 6.45. The average molecular weight is 481 g/mol. The molecule has 31 heavy (non-hydrogen) atoms. The summed E-state index contributed by atoms with van der Waals surface area (Å²) in [5.74, 6) is 0.637. The molecular formula is C24H30Cl2N2O2S. The Morgan fingerprint density at radius 3 is 2.35 bits per heavy atom. The first-order valence-corrected chi connectivity index (χ1v) is 12.3. The molecule has 0 unspecified atom stereocenters. The summed E-state index contributed by atoms with van der Waals surface area (Å²) >= 11 is 14.0. The lowest BCUT2D eigenvalue weighted by Crippen LogP contribution is -2.50. The summed E-state index contributed by atoms with van der Waals surface area (Å²) in [7, 11) is 0. The molecule has 1 N–H and O–H groups in total. The normalized spacial score (nSPS) is 11.9. The first-order valence-electron chi connectivity index (χ1n) is 10.5. The lowest BCUT2D eigenvalue weighted by molar-refractivity contribution is -0.141. The van der Waals surface area contributed by atoms with Crippen LogP contribution >= 0.6 is 35.0 Å². The number of benzene rings is 2. The second-order valence-electron chi connectivity index (χ2n) is 7.61. The highest BCUT2D eigenvalue weighted by atomic mass is 35.5. The number of nitrogens with one attached hydrogen (secondary N) is 1. The molecule has 2 aromatic carbocycles. The quantitative estimate of drug-likeness (QED) is 0.307. The van der Waals surface area contributed by atoms with Crippen LogP contribution in [0.15, 0.2) is 53.4 Å². The summed E-state index contributed by atoms with van der Waals surface area (Å²) in [4.78, 5) is 28.8. The molecule has 0 aliphatic rings. The van der Waals surface area contributed by atoms with Gasteiger partial charge in [0.05, 0.1) is 0 Å². The molecule has 0 saturated carbocycles. The zero-order chi connectivity index (χ0) is 22.8. The fourth-order valence-electron chi connectivity index (χ4n) is 3.20. The second-order valence-corrected chi connectivity index (χ2v) is 9.62. The van der Waals surface area contributed by atoms with Crippen LogP contribution in [0, 0.1) is 0 Å². The number of amides is 2. The highest BCUT2D eigenvalue weighted by Crippen LogP contribution is 2.23. The van der Waals surface area contributed by atoms with Crippen LogP contribution in [0.4, 0.5) is 0 Å². The number of hydrogen-bond acceptors (Lipinski definition) is 3. The molecule has 0 radical (unpaired) electrons. The molecule has 0 saturated heterocycles. The highest BCUT2D eigenvalue weighted by Gasteiger charge is 2.29. The van der Waals surface area contributed by atoms with E-state index in [0.29, 0.717) is 35.9 Å². The summed E-state index contributed by atoms with van der Waals surface area (Å²) < 4.78 is 0. The van der Waals surface area contributed by atoms with E-state index in [9.17, 15) is 9.59 Å². The molecular weight excluding hydrogens is 451 g/mol. The van der Waals surface area contributed by atoms with Crippen molar-refractivity contribution in [1.29, 1.82) is 0 Å². The van der Waals surface area contributed by atoms with Gasteiger partial charge in [0.25, 0.3) is 0 Å². The Balaban J connectivity index is 2.06. The van der Waals surface area contributed by atoms with Gasteiger partial charge in [-0.2, -0.15) is 0 Å². The van der Waals surface area contributed by atoms with Gasteiger partial charge in [0, 0.05) is 33.9 Å². The van der Waals surface area contributed by atoms with Gasteiger partial charge >= 0.3 is 0 Å². The van der Waals surface area contributed by atoms with Crippen LogP contribution in [0.25, 0.3) is 0 Å². The van der Waals surface area contributed by atoms with Gasteiger partial charge in [-0.3, -0.25) is 9.59 Å². The minimum Gasteiger partial charge on any atom is -0.352 e. The van der Waals surface area contributed by atoms with E-state index in [4.69, 9.17) is 23.2 Å². The number of hydrogen-bond donors (Lipinski definition) is 1. The minimum absolute atomic E-state index is 0.00888.